The van der Waals surface area contributed by atoms with Crippen molar-refractivity contribution in [2.24, 2.45) is 5.92 Å². The van der Waals surface area contributed by atoms with E-state index in [1.54, 1.807) is 18.6 Å². The normalized spacial score (nSPS) is 23.7. The lowest BCUT2D eigenvalue weighted by Crippen LogP contribution is -2.45. The number of piperidine rings is 1. The van der Waals surface area contributed by atoms with E-state index < -0.39 is 0 Å². The van der Waals surface area contributed by atoms with Crippen molar-refractivity contribution >= 4 is 11.7 Å². The lowest BCUT2D eigenvalue weighted by Gasteiger charge is -2.36. The Bertz CT molecular complexity index is 708. The van der Waals surface area contributed by atoms with E-state index in [1.807, 2.05) is 29.3 Å². The van der Waals surface area contributed by atoms with E-state index in [4.69, 9.17) is 0 Å². The molecule has 4 rings (SSSR count). The van der Waals surface area contributed by atoms with E-state index >= 15 is 0 Å². The fraction of sp³-hybridized carbons (Fsp3) is 0.474. The molecule has 2 fully saturated rings. The van der Waals surface area contributed by atoms with Crippen LogP contribution in [0, 0.1) is 5.92 Å². The zero-order chi connectivity index (χ0) is 17.1. The molecule has 0 unspecified atom stereocenters. The minimum Gasteiger partial charge on any atom is -0.355 e. The fourth-order valence-electron chi connectivity index (χ4n) is 3.99. The standard InChI is InChI=1S/C19H23N5O/c25-19(24-12-4-7-17(24)16-6-1-2-8-21-16)15-5-3-11-23(14-15)18-13-20-9-10-22-18/h1-2,6,8-10,13,15,17H,3-5,7,11-12,14H2/t15-,17-/m0/s1. The van der Waals surface area contributed by atoms with Gasteiger partial charge in [0.05, 0.1) is 23.9 Å². The lowest BCUT2D eigenvalue weighted by atomic mass is 9.96. The van der Waals surface area contributed by atoms with Gasteiger partial charge in [0.25, 0.3) is 0 Å². The monoisotopic (exact) mass is 337 g/mol. The predicted molar refractivity (Wildman–Crippen MR) is 94.9 cm³/mol. The van der Waals surface area contributed by atoms with Gasteiger partial charge in [-0.25, -0.2) is 4.98 Å². The van der Waals surface area contributed by atoms with Crippen LogP contribution in [0.1, 0.15) is 37.4 Å². The van der Waals surface area contributed by atoms with Crippen LogP contribution in [0.15, 0.2) is 43.0 Å². The first-order chi connectivity index (χ1) is 12.3. The van der Waals surface area contributed by atoms with Crippen LogP contribution in [0.4, 0.5) is 5.82 Å². The third-order valence-electron chi connectivity index (χ3n) is 5.21. The van der Waals surface area contributed by atoms with Crippen molar-refractivity contribution < 1.29 is 4.79 Å². The van der Waals surface area contributed by atoms with Crippen LogP contribution in [0.2, 0.25) is 0 Å². The second-order valence-corrected chi connectivity index (χ2v) is 6.79. The van der Waals surface area contributed by atoms with Gasteiger partial charge in [0.2, 0.25) is 5.91 Å². The number of carbonyl (C=O) groups excluding carboxylic acids is 1. The first kappa shape index (κ1) is 16.0. The van der Waals surface area contributed by atoms with Crippen molar-refractivity contribution in [3.8, 4) is 0 Å². The molecular weight excluding hydrogens is 314 g/mol. The fourth-order valence-corrected chi connectivity index (χ4v) is 3.99. The zero-order valence-electron chi connectivity index (χ0n) is 14.3. The van der Waals surface area contributed by atoms with Crippen molar-refractivity contribution in [3.05, 3.63) is 48.7 Å². The molecule has 6 heteroatoms. The number of rotatable bonds is 3. The van der Waals surface area contributed by atoms with E-state index in [9.17, 15) is 4.79 Å². The third kappa shape index (κ3) is 3.34. The summed E-state index contributed by atoms with van der Waals surface area (Å²) in [7, 11) is 0. The van der Waals surface area contributed by atoms with Crippen LogP contribution >= 0.6 is 0 Å². The number of nitrogens with zero attached hydrogens (tertiary/aromatic N) is 5. The molecule has 4 heterocycles. The molecule has 2 aromatic heterocycles. The minimum absolute atomic E-state index is 0.0278. The first-order valence-electron chi connectivity index (χ1n) is 9.05. The van der Waals surface area contributed by atoms with Crippen molar-refractivity contribution in [1.29, 1.82) is 0 Å². The molecule has 2 aliphatic heterocycles. The van der Waals surface area contributed by atoms with Crippen molar-refractivity contribution in [2.75, 3.05) is 24.5 Å². The first-order valence-corrected chi connectivity index (χ1v) is 9.05. The minimum atomic E-state index is 0.0278. The number of hydrogen-bond donors (Lipinski definition) is 0. The molecule has 0 bridgehead atoms. The topological polar surface area (TPSA) is 62.2 Å². The van der Waals surface area contributed by atoms with E-state index in [2.05, 4.69) is 19.9 Å². The van der Waals surface area contributed by atoms with E-state index in [0.717, 1.165) is 56.8 Å². The van der Waals surface area contributed by atoms with Gasteiger partial charge < -0.3 is 9.80 Å². The van der Waals surface area contributed by atoms with Crippen LogP contribution in [0.5, 0.6) is 0 Å². The Hall–Kier alpha value is -2.50. The average molecular weight is 337 g/mol. The van der Waals surface area contributed by atoms with Crippen LogP contribution in [-0.2, 0) is 4.79 Å². The summed E-state index contributed by atoms with van der Waals surface area (Å²) in [5.74, 6) is 1.16. The number of anilines is 1. The maximum atomic E-state index is 13.2. The Balaban J connectivity index is 1.48. The summed E-state index contributed by atoms with van der Waals surface area (Å²) in [6, 6.07) is 6.08. The molecule has 0 spiro atoms. The molecular formula is C19H23N5O. The molecule has 0 saturated carbocycles. The quantitative estimate of drug-likeness (QED) is 0.861. The van der Waals surface area contributed by atoms with Gasteiger partial charge in [-0.1, -0.05) is 6.07 Å². The Kier molecular flexibility index (Phi) is 4.59. The van der Waals surface area contributed by atoms with Crippen LogP contribution in [0.3, 0.4) is 0 Å². The van der Waals surface area contributed by atoms with Crippen LogP contribution < -0.4 is 4.90 Å². The summed E-state index contributed by atoms with van der Waals surface area (Å²) in [4.78, 5) is 30.4. The van der Waals surface area contributed by atoms with E-state index in [0.29, 0.717) is 0 Å². The second kappa shape index (κ2) is 7.17. The van der Waals surface area contributed by atoms with Gasteiger partial charge >= 0.3 is 0 Å². The number of carbonyl (C=O) groups is 1. The summed E-state index contributed by atoms with van der Waals surface area (Å²) in [5.41, 5.74) is 1.01. The Morgan fingerprint density at radius 1 is 1.04 bits per heavy atom. The highest BCUT2D eigenvalue weighted by Crippen LogP contribution is 2.33. The average Bonchev–Trinajstić information content (AvgIpc) is 3.19. The highest BCUT2D eigenvalue weighted by atomic mass is 16.2. The molecule has 2 atom stereocenters. The summed E-state index contributed by atoms with van der Waals surface area (Å²) in [6.07, 6.45) is 11.0. The molecule has 2 aromatic rings. The Labute approximate surface area is 147 Å². The van der Waals surface area contributed by atoms with Gasteiger partial charge in [0, 0.05) is 38.2 Å². The van der Waals surface area contributed by atoms with Crippen molar-refractivity contribution in [2.45, 2.75) is 31.7 Å². The third-order valence-corrected chi connectivity index (χ3v) is 5.21. The molecule has 2 saturated heterocycles. The van der Waals surface area contributed by atoms with Crippen LogP contribution in [-0.4, -0.2) is 45.4 Å². The molecule has 0 radical (unpaired) electrons. The molecule has 0 aliphatic carbocycles. The van der Waals surface area contributed by atoms with Gasteiger partial charge in [0.1, 0.15) is 5.82 Å². The molecule has 25 heavy (non-hydrogen) atoms. The number of pyridine rings is 1. The van der Waals surface area contributed by atoms with E-state index in [1.165, 1.54) is 0 Å². The van der Waals surface area contributed by atoms with Crippen molar-refractivity contribution in [3.63, 3.8) is 0 Å². The summed E-state index contributed by atoms with van der Waals surface area (Å²) in [6.45, 7) is 2.50. The van der Waals surface area contributed by atoms with Crippen molar-refractivity contribution in [1.82, 2.24) is 19.9 Å². The second-order valence-electron chi connectivity index (χ2n) is 6.79. The summed E-state index contributed by atoms with van der Waals surface area (Å²) >= 11 is 0. The highest BCUT2D eigenvalue weighted by molar-refractivity contribution is 5.80. The van der Waals surface area contributed by atoms with Gasteiger partial charge in [-0.2, -0.15) is 0 Å². The number of amides is 1. The molecule has 1 amide bonds. The van der Waals surface area contributed by atoms with Crippen LogP contribution in [0.25, 0.3) is 0 Å². The number of aromatic nitrogens is 3. The SMILES string of the molecule is O=C([C@H]1CCCN(c2cnccn2)C1)N1CCC[C@H]1c1ccccn1. The summed E-state index contributed by atoms with van der Waals surface area (Å²) < 4.78 is 0. The largest absolute Gasteiger partial charge is 0.355 e. The van der Waals surface area contributed by atoms with Gasteiger partial charge in [-0.3, -0.25) is 14.8 Å². The molecule has 130 valence electrons. The lowest BCUT2D eigenvalue weighted by molar-refractivity contribution is -0.136. The molecule has 2 aliphatic rings. The van der Waals surface area contributed by atoms with Gasteiger partial charge in [-0.15, -0.1) is 0 Å². The number of likely N-dealkylation sites (tertiary alicyclic amines) is 1. The predicted octanol–water partition coefficient (Wildman–Crippen LogP) is 2.45. The summed E-state index contributed by atoms with van der Waals surface area (Å²) in [5, 5.41) is 0. The van der Waals surface area contributed by atoms with E-state index in [-0.39, 0.29) is 17.9 Å². The highest BCUT2D eigenvalue weighted by Gasteiger charge is 2.36. The zero-order valence-corrected chi connectivity index (χ0v) is 14.3. The Morgan fingerprint density at radius 3 is 2.76 bits per heavy atom. The van der Waals surface area contributed by atoms with Gasteiger partial charge in [-0.05, 0) is 37.8 Å². The Morgan fingerprint density at radius 2 is 1.96 bits per heavy atom. The molecule has 6 nitrogen and oxygen atoms in total. The maximum Gasteiger partial charge on any atom is 0.228 e. The molecule has 0 aromatic carbocycles. The van der Waals surface area contributed by atoms with Gasteiger partial charge in [0.15, 0.2) is 0 Å². The maximum absolute atomic E-state index is 13.2. The smallest absolute Gasteiger partial charge is 0.228 e. The molecule has 0 N–H and O–H groups in total. The number of hydrogen-bond acceptors (Lipinski definition) is 5.